The zero-order chi connectivity index (χ0) is 19.8. The van der Waals surface area contributed by atoms with E-state index in [9.17, 15) is 4.79 Å². The van der Waals surface area contributed by atoms with Gasteiger partial charge in [-0.25, -0.2) is 15.0 Å². The van der Waals surface area contributed by atoms with Gasteiger partial charge in [-0.3, -0.25) is 9.36 Å². The first-order chi connectivity index (χ1) is 13.7. The lowest BCUT2D eigenvalue weighted by Crippen LogP contribution is -2.46. The summed E-state index contributed by atoms with van der Waals surface area (Å²) in [5.41, 5.74) is 1.10. The molecule has 1 fully saturated rings. The third kappa shape index (κ3) is 5.31. The Labute approximate surface area is 166 Å². The van der Waals surface area contributed by atoms with Crippen LogP contribution in [0, 0.1) is 5.92 Å². The maximum Gasteiger partial charge on any atom is 0.220 e. The first kappa shape index (κ1) is 19.9. The summed E-state index contributed by atoms with van der Waals surface area (Å²) in [4.78, 5) is 27.2. The zero-order valence-electron chi connectivity index (χ0n) is 16.6. The molecule has 150 valence electrons. The summed E-state index contributed by atoms with van der Waals surface area (Å²) in [6.07, 6.45) is 9.80. The van der Waals surface area contributed by atoms with Crippen LogP contribution in [0.25, 0.3) is 5.82 Å². The molecular formula is C20H29N7O. The molecule has 0 aliphatic carbocycles. The van der Waals surface area contributed by atoms with E-state index in [1.165, 1.54) is 0 Å². The molecule has 0 radical (unpaired) electrons. The number of aromatic nitrogens is 3. The number of nitrogens with zero attached hydrogens (tertiary/aromatic N) is 5. The second kappa shape index (κ2) is 9.87. The van der Waals surface area contributed by atoms with Gasteiger partial charge in [0, 0.05) is 51.7 Å². The number of amides is 1. The van der Waals surface area contributed by atoms with Crippen LogP contribution in [-0.4, -0.2) is 58.0 Å². The third-order valence-corrected chi connectivity index (χ3v) is 4.99. The Morgan fingerprint density at radius 2 is 2.14 bits per heavy atom. The first-order valence-electron chi connectivity index (χ1n) is 9.86. The minimum absolute atomic E-state index is 0.130. The molecule has 0 unspecified atom stereocenters. The van der Waals surface area contributed by atoms with Gasteiger partial charge in [0.25, 0.3) is 0 Å². The fourth-order valence-corrected chi connectivity index (χ4v) is 3.40. The quantitative estimate of drug-likeness (QED) is 0.584. The maximum absolute atomic E-state index is 11.6. The van der Waals surface area contributed by atoms with Crippen molar-refractivity contribution in [2.24, 2.45) is 10.9 Å². The molecule has 3 rings (SSSR count). The summed E-state index contributed by atoms with van der Waals surface area (Å²) in [6, 6.07) is 4.02. The maximum atomic E-state index is 11.6. The largest absolute Gasteiger partial charge is 0.359 e. The third-order valence-electron chi connectivity index (χ3n) is 4.99. The Morgan fingerprint density at radius 1 is 1.32 bits per heavy atom. The predicted molar refractivity (Wildman–Crippen MR) is 109 cm³/mol. The molecule has 0 bridgehead atoms. The van der Waals surface area contributed by atoms with E-state index in [4.69, 9.17) is 4.99 Å². The Balaban J connectivity index is 1.62. The van der Waals surface area contributed by atoms with Crippen molar-refractivity contribution in [1.29, 1.82) is 0 Å². The van der Waals surface area contributed by atoms with E-state index in [-0.39, 0.29) is 5.91 Å². The van der Waals surface area contributed by atoms with Crippen molar-refractivity contribution < 1.29 is 4.79 Å². The van der Waals surface area contributed by atoms with Gasteiger partial charge in [0.15, 0.2) is 5.96 Å². The fraction of sp³-hybridized carbons (Fsp3) is 0.500. The van der Waals surface area contributed by atoms with Crippen LogP contribution in [0.3, 0.4) is 0 Å². The van der Waals surface area contributed by atoms with Gasteiger partial charge in [-0.2, -0.15) is 0 Å². The number of guanidine groups is 1. The molecule has 2 N–H and O–H groups in total. The van der Waals surface area contributed by atoms with Gasteiger partial charge < -0.3 is 15.5 Å². The van der Waals surface area contributed by atoms with Crippen LogP contribution >= 0.6 is 0 Å². The lowest BCUT2D eigenvalue weighted by molar-refractivity contribution is -0.121. The number of imidazole rings is 1. The highest BCUT2D eigenvalue weighted by Gasteiger charge is 2.23. The van der Waals surface area contributed by atoms with Crippen LogP contribution in [0.2, 0.25) is 0 Å². The Kier molecular flexibility index (Phi) is 7.00. The highest BCUT2D eigenvalue weighted by molar-refractivity contribution is 5.80. The lowest BCUT2D eigenvalue weighted by atomic mass is 9.93. The highest BCUT2D eigenvalue weighted by Crippen LogP contribution is 2.20. The van der Waals surface area contributed by atoms with E-state index >= 15 is 0 Å². The van der Waals surface area contributed by atoms with Crippen molar-refractivity contribution in [1.82, 2.24) is 30.1 Å². The van der Waals surface area contributed by atoms with Crippen LogP contribution < -0.4 is 10.6 Å². The van der Waals surface area contributed by atoms with Gasteiger partial charge in [-0.1, -0.05) is 0 Å². The van der Waals surface area contributed by atoms with E-state index in [0.717, 1.165) is 49.8 Å². The monoisotopic (exact) mass is 383 g/mol. The average molecular weight is 384 g/mol. The van der Waals surface area contributed by atoms with Crippen molar-refractivity contribution in [2.75, 3.05) is 26.7 Å². The number of hydrogen-bond acceptors (Lipinski definition) is 4. The van der Waals surface area contributed by atoms with Gasteiger partial charge in [-0.15, -0.1) is 0 Å². The molecule has 8 heteroatoms. The minimum atomic E-state index is 0.130. The number of pyridine rings is 1. The van der Waals surface area contributed by atoms with E-state index in [2.05, 4.69) is 32.4 Å². The second-order valence-electron chi connectivity index (χ2n) is 6.97. The number of carbonyl (C=O) groups is 1. The average Bonchev–Trinajstić information content (AvgIpc) is 3.27. The van der Waals surface area contributed by atoms with Gasteiger partial charge >= 0.3 is 0 Å². The SMILES string of the molecule is CCNC(=NCc1ccnc(-n2ccnc2)c1)N1CCC(CC(=O)NC)CC1. The van der Waals surface area contributed by atoms with Crippen LogP contribution in [0.1, 0.15) is 31.7 Å². The van der Waals surface area contributed by atoms with Crippen LogP contribution in [-0.2, 0) is 11.3 Å². The Hall–Kier alpha value is -2.90. The normalized spacial score (nSPS) is 15.5. The summed E-state index contributed by atoms with van der Waals surface area (Å²) in [5, 5.41) is 6.12. The molecule has 1 saturated heterocycles. The van der Waals surface area contributed by atoms with E-state index < -0.39 is 0 Å². The molecule has 1 aliphatic heterocycles. The van der Waals surface area contributed by atoms with E-state index in [1.807, 2.05) is 22.9 Å². The van der Waals surface area contributed by atoms with Gasteiger partial charge in [0.05, 0.1) is 6.54 Å². The molecule has 2 aromatic rings. The van der Waals surface area contributed by atoms with Gasteiger partial charge in [0.2, 0.25) is 5.91 Å². The highest BCUT2D eigenvalue weighted by atomic mass is 16.1. The van der Waals surface area contributed by atoms with Crippen LogP contribution in [0.4, 0.5) is 0 Å². The number of rotatable bonds is 6. The number of hydrogen-bond donors (Lipinski definition) is 2. The Bertz CT molecular complexity index is 780. The Morgan fingerprint density at radius 3 is 2.82 bits per heavy atom. The topological polar surface area (TPSA) is 87.4 Å². The summed E-state index contributed by atoms with van der Waals surface area (Å²) >= 11 is 0. The molecule has 1 amide bonds. The molecule has 2 aromatic heterocycles. The number of likely N-dealkylation sites (tertiary alicyclic amines) is 1. The fourth-order valence-electron chi connectivity index (χ4n) is 3.40. The molecule has 0 aromatic carbocycles. The molecule has 28 heavy (non-hydrogen) atoms. The van der Waals surface area contributed by atoms with Crippen molar-refractivity contribution >= 4 is 11.9 Å². The second-order valence-corrected chi connectivity index (χ2v) is 6.97. The molecule has 8 nitrogen and oxygen atoms in total. The van der Waals surface area contributed by atoms with Crippen molar-refractivity contribution in [3.05, 3.63) is 42.6 Å². The number of piperidine rings is 1. The summed E-state index contributed by atoms with van der Waals surface area (Å²) in [6.45, 7) is 5.34. The zero-order valence-corrected chi connectivity index (χ0v) is 16.6. The minimum Gasteiger partial charge on any atom is -0.359 e. The predicted octanol–water partition coefficient (Wildman–Crippen LogP) is 1.58. The van der Waals surface area contributed by atoms with E-state index in [0.29, 0.717) is 18.9 Å². The standard InChI is InChI=1S/C20H29N7O/c1-3-23-20(26-9-5-16(6-10-26)13-19(28)21-2)25-14-17-4-7-24-18(12-17)27-11-8-22-15-27/h4,7-8,11-12,15-16H,3,5-6,9-10,13-14H2,1-2H3,(H,21,28)(H,23,25). The lowest BCUT2D eigenvalue weighted by Gasteiger charge is -2.34. The summed E-state index contributed by atoms with van der Waals surface area (Å²) in [5.74, 6) is 2.36. The molecule has 0 saturated carbocycles. The summed E-state index contributed by atoms with van der Waals surface area (Å²) in [7, 11) is 1.70. The van der Waals surface area contributed by atoms with Crippen molar-refractivity contribution in [2.45, 2.75) is 32.7 Å². The number of carbonyl (C=O) groups excluding carboxylic acids is 1. The van der Waals surface area contributed by atoms with E-state index in [1.54, 1.807) is 25.8 Å². The molecule has 0 spiro atoms. The molecule has 3 heterocycles. The van der Waals surface area contributed by atoms with Crippen LogP contribution in [0.5, 0.6) is 0 Å². The molecule has 1 aliphatic rings. The van der Waals surface area contributed by atoms with Crippen LogP contribution in [0.15, 0.2) is 42.0 Å². The number of aliphatic imine (C=N–C) groups is 1. The van der Waals surface area contributed by atoms with Crippen molar-refractivity contribution in [3.63, 3.8) is 0 Å². The summed E-state index contributed by atoms with van der Waals surface area (Å²) < 4.78 is 1.88. The molecular weight excluding hydrogens is 354 g/mol. The van der Waals surface area contributed by atoms with Gasteiger partial charge in [-0.05, 0) is 43.4 Å². The smallest absolute Gasteiger partial charge is 0.220 e. The van der Waals surface area contributed by atoms with Gasteiger partial charge in [0.1, 0.15) is 12.1 Å². The number of nitrogens with one attached hydrogen (secondary N) is 2. The first-order valence-corrected chi connectivity index (χ1v) is 9.86. The molecule has 0 atom stereocenters. The van der Waals surface area contributed by atoms with Crippen molar-refractivity contribution in [3.8, 4) is 5.82 Å².